The second-order valence-electron chi connectivity index (χ2n) is 7.22. The molecule has 1 aromatic rings. The van der Waals surface area contributed by atoms with Crippen LogP contribution in [0.4, 0.5) is 5.69 Å². The van der Waals surface area contributed by atoms with Gasteiger partial charge in [0.05, 0.1) is 13.0 Å². The SMILES string of the molecule is COC(=O)CNC(=O)c1ccc(NC(=O)C2CCCN(C(=O)C3CC3)C2)cc1. The molecule has 0 radical (unpaired) electrons. The molecule has 28 heavy (non-hydrogen) atoms. The van der Waals surface area contributed by atoms with Crippen molar-refractivity contribution in [3.8, 4) is 0 Å². The summed E-state index contributed by atoms with van der Waals surface area (Å²) in [5, 5.41) is 5.31. The summed E-state index contributed by atoms with van der Waals surface area (Å²) >= 11 is 0. The molecule has 3 amide bonds. The first kappa shape index (κ1) is 19.9. The number of nitrogens with one attached hydrogen (secondary N) is 2. The predicted octanol–water partition coefficient (Wildman–Crippen LogP) is 1.18. The van der Waals surface area contributed by atoms with Gasteiger partial charge in [-0.25, -0.2) is 0 Å². The third kappa shape index (κ3) is 5.09. The first-order chi connectivity index (χ1) is 13.5. The van der Waals surface area contributed by atoms with Crippen molar-refractivity contribution in [2.75, 3.05) is 32.1 Å². The van der Waals surface area contributed by atoms with Crippen LogP contribution < -0.4 is 10.6 Å². The van der Waals surface area contributed by atoms with E-state index in [0.29, 0.717) is 17.8 Å². The summed E-state index contributed by atoms with van der Waals surface area (Å²) in [4.78, 5) is 49.7. The molecule has 1 atom stereocenters. The van der Waals surface area contributed by atoms with Crippen molar-refractivity contribution in [2.45, 2.75) is 25.7 Å². The van der Waals surface area contributed by atoms with Crippen LogP contribution in [0.5, 0.6) is 0 Å². The molecule has 0 spiro atoms. The van der Waals surface area contributed by atoms with Gasteiger partial charge in [0.25, 0.3) is 5.91 Å². The smallest absolute Gasteiger partial charge is 0.325 e. The van der Waals surface area contributed by atoms with Crippen molar-refractivity contribution in [1.29, 1.82) is 0 Å². The highest BCUT2D eigenvalue weighted by Crippen LogP contribution is 2.32. The van der Waals surface area contributed by atoms with Gasteiger partial charge in [0.1, 0.15) is 6.54 Å². The first-order valence-electron chi connectivity index (χ1n) is 9.52. The number of nitrogens with zero attached hydrogens (tertiary/aromatic N) is 1. The van der Waals surface area contributed by atoms with Crippen LogP contribution in [0.1, 0.15) is 36.0 Å². The van der Waals surface area contributed by atoms with E-state index >= 15 is 0 Å². The average Bonchev–Trinajstić information content (AvgIpc) is 3.57. The molecule has 0 aromatic heterocycles. The molecule has 1 aliphatic heterocycles. The quantitative estimate of drug-likeness (QED) is 0.713. The number of hydrogen-bond acceptors (Lipinski definition) is 5. The number of hydrogen-bond donors (Lipinski definition) is 2. The van der Waals surface area contributed by atoms with Gasteiger partial charge in [0, 0.05) is 30.3 Å². The highest BCUT2D eigenvalue weighted by Gasteiger charge is 2.36. The Kier molecular flexibility index (Phi) is 6.28. The van der Waals surface area contributed by atoms with Crippen LogP contribution in [0.15, 0.2) is 24.3 Å². The van der Waals surface area contributed by atoms with Gasteiger partial charge >= 0.3 is 5.97 Å². The molecule has 1 aliphatic carbocycles. The number of carbonyl (C=O) groups excluding carboxylic acids is 4. The van der Waals surface area contributed by atoms with Gasteiger partial charge in [-0.05, 0) is 49.9 Å². The van der Waals surface area contributed by atoms with E-state index in [-0.39, 0.29) is 30.2 Å². The number of methoxy groups -OCH3 is 1. The van der Waals surface area contributed by atoms with Crippen LogP contribution in [0.3, 0.4) is 0 Å². The van der Waals surface area contributed by atoms with Gasteiger partial charge in [0.15, 0.2) is 0 Å². The van der Waals surface area contributed by atoms with Crippen LogP contribution in [0.2, 0.25) is 0 Å². The van der Waals surface area contributed by atoms with Crippen LogP contribution >= 0.6 is 0 Å². The topological polar surface area (TPSA) is 105 Å². The molecule has 8 nitrogen and oxygen atoms in total. The van der Waals surface area contributed by atoms with Crippen molar-refractivity contribution < 1.29 is 23.9 Å². The van der Waals surface area contributed by atoms with E-state index in [1.165, 1.54) is 7.11 Å². The van der Waals surface area contributed by atoms with E-state index in [2.05, 4.69) is 15.4 Å². The standard InChI is InChI=1S/C20H25N3O5/c1-28-17(24)11-21-18(25)13-6-8-16(9-7-13)22-19(26)15-3-2-10-23(12-15)20(27)14-4-5-14/h6-9,14-15H,2-5,10-12H2,1H3,(H,21,25)(H,22,26). The lowest BCUT2D eigenvalue weighted by atomic mass is 9.96. The third-order valence-electron chi connectivity index (χ3n) is 5.07. The first-order valence-corrected chi connectivity index (χ1v) is 9.52. The molecule has 2 fully saturated rings. The Morgan fingerprint density at radius 1 is 1.07 bits per heavy atom. The van der Waals surface area contributed by atoms with Crippen LogP contribution in [-0.4, -0.2) is 55.3 Å². The van der Waals surface area contributed by atoms with Gasteiger partial charge in [0.2, 0.25) is 11.8 Å². The van der Waals surface area contributed by atoms with E-state index in [9.17, 15) is 19.2 Å². The highest BCUT2D eigenvalue weighted by molar-refractivity contribution is 5.97. The number of anilines is 1. The zero-order valence-corrected chi connectivity index (χ0v) is 15.9. The monoisotopic (exact) mass is 387 g/mol. The molecule has 3 rings (SSSR count). The molecule has 2 N–H and O–H groups in total. The molecule has 2 aliphatic rings. The summed E-state index contributed by atoms with van der Waals surface area (Å²) in [7, 11) is 1.25. The maximum Gasteiger partial charge on any atom is 0.325 e. The molecule has 1 saturated heterocycles. The minimum atomic E-state index is -0.529. The van der Waals surface area contributed by atoms with Crippen molar-refractivity contribution >= 4 is 29.4 Å². The maximum absolute atomic E-state index is 12.6. The summed E-state index contributed by atoms with van der Waals surface area (Å²) in [6, 6.07) is 6.43. The minimum Gasteiger partial charge on any atom is -0.468 e. The lowest BCUT2D eigenvalue weighted by Gasteiger charge is -2.32. The number of ether oxygens (including phenoxy) is 1. The van der Waals surface area contributed by atoms with Gasteiger partial charge in [-0.15, -0.1) is 0 Å². The van der Waals surface area contributed by atoms with E-state index in [1.54, 1.807) is 24.3 Å². The van der Waals surface area contributed by atoms with Crippen molar-refractivity contribution in [1.82, 2.24) is 10.2 Å². The molecular weight excluding hydrogens is 362 g/mol. The van der Waals surface area contributed by atoms with Gasteiger partial charge in [-0.3, -0.25) is 19.2 Å². The largest absolute Gasteiger partial charge is 0.468 e. The Hall–Kier alpha value is -2.90. The Labute approximate surface area is 163 Å². The molecule has 0 bridgehead atoms. The fraction of sp³-hybridized carbons (Fsp3) is 0.500. The van der Waals surface area contributed by atoms with Crippen molar-refractivity contribution in [2.24, 2.45) is 11.8 Å². The Morgan fingerprint density at radius 2 is 1.79 bits per heavy atom. The fourth-order valence-electron chi connectivity index (χ4n) is 3.26. The molecule has 8 heteroatoms. The number of esters is 1. The number of rotatable bonds is 6. The van der Waals surface area contributed by atoms with Crippen LogP contribution in [0, 0.1) is 11.8 Å². The van der Waals surface area contributed by atoms with Crippen molar-refractivity contribution in [3.63, 3.8) is 0 Å². The normalized spacial score (nSPS) is 18.9. The van der Waals surface area contributed by atoms with Gasteiger partial charge in [-0.1, -0.05) is 0 Å². The Morgan fingerprint density at radius 3 is 2.43 bits per heavy atom. The van der Waals surface area contributed by atoms with E-state index < -0.39 is 11.9 Å². The Bertz CT molecular complexity index is 758. The maximum atomic E-state index is 12.6. The van der Waals surface area contributed by atoms with Gasteiger partial charge in [-0.2, -0.15) is 0 Å². The van der Waals surface area contributed by atoms with E-state index in [0.717, 1.165) is 32.2 Å². The molecule has 1 unspecified atom stereocenters. The molecular formula is C20H25N3O5. The average molecular weight is 387 g/mol. The summed E-state index contributed by atoms with van der Waals surface area (Å²) in [5.74, 6) is -0.918. The molecule has 150 valence electrons. The van der Waals surface area contributed by atoms with Gasteiger partial charge < -0.3 is 20.3 Å². The zero-order valence-electron chi connectivity index (χ0n) is 15.9. The number of likely N-dealkylation sites (tertiary alicyclic amines) is 1. The molecule has 1 aromatic carbocycles. The number of piperidine rings is 1. The highest BCUT2D eigenvalue weighted by atomic mass is 16.5. The third-order valence-corrected chi connectivity index (χ3v) is 5.07. The van der Waals surface area contributed by atoms with Crippen LogP contribution in [0.25, 0.3) is 0 Å². The zero-order chi connectivity index (χ0) is 20.1. The summed E-state index contributed by atoms with van der Waals surface area (Å²) in [6.07, 6.45) is 3.52. The second kappa shape index (κ2) is 8.86. The second-order valence-corrected chi connectivity index (χ2v) is 7.22. The predicted molar refractivity (Wildman–Crippen MR) is 101 cm³/mol. The lowest BCUT2D eigenvalue weighted by Crippen LogP contribution is -2.44. The molecule has 1 heterocycles. The summed E-state index contributed by atoms with van der Waals surface area (Å²) in [5.41, 5.74) is 0.959. The number of amides is 3. The Balaban J connectivity index is 1.51. The van der Waals surface area contributed by atoms with Crippen LogP contribution in [-0.2, 0) is 19.1 Å². The number of benzene rings is 1. The molecule has 1 saturated carbocycles. The number of carbonyl (C=O) groups is 4. The summed E-state index contributed by atoms with van der Waals surface area (Å²) in [6.45, 7) is 0.995. The van der Waals surface area contributed by atoms with E-state index in [4.69, 9.17) is 0 Å². The minimum absolute atomic E-state index is 0.115. The lowest BCUT2D eigenvalue weighted by molar-refractivity contribution is -0.139. The fourth-order valence-corrected chi connectivity index (χ4v) is 3.26. The van der Waals surface area contributed by atoms with Crippen molar-refractivity contribution in [3.05, 3.63) is 29.8 Å². The van der Waals surface area contributed by atoms with E-state index in [1.807, 2.05) is 4.90 Å². The summed E-state index contributed by atoms with van der Waals surface area (Å²) < 4.78 is 4.47.